The van der Waals surface area contributed by atoms with Crippen molar-refractivity contribution < 1.29 is 9.53 Å². The number of benzene rings is 1. The van der Waals surface area contributed by atoms with Gasteiger partial charge < -0.3 is 9.64 Å². The van der Waals surface area contributed by atoms with E-state index in [9.17, 15) is 4.79 Å². The fraction of sp³-hybridized carbons (Fsp3) is 0.412. The molecule has 0 saturated carbocycles. The van der Waals surface area contributed by atoms with Crippen molar-refractivity contribution in [3.63, 3.8) is 0 Å². The standard InChI is InChI=1S/C17H21N3O2/c1-2-3-11-22-17(21)20-10-6-7-13(12-20)16-14-8-4-5-9-15(14)18-19-16/h4-5,7-9H,2-3,6,10-12H2,1H3,(H,18,19). The first kappa shape index (κ1) is 14.6. The summed E-state index contributed by atoms with van der Waals surface area (Å²) in [5.41, 5.74) is 3.03. The van der Waals surface area contributed by atoms with E-state index in [1.165, 1.54) is 0 Å². The molecule has 5 heteroatoms. The van der Waals surface area contributed by atoms with Gasteiger partial charge in [-0.15, -0.1) is 0 Å². The van der Waals surface area contributed by atoms with Gasteiger partial charge in [0.05, 0.1) is 24.4 Å². The molecule has 1 aliphatic heterocycles. The number of hydrogen-bond donors (Lipinski definition) is 1. The van der Waals surface area contributed by atoms with Crippen LogP contribution in [-0.4, -0.2) is 40.9 Å². The second kappa shape index (κ2) is 6.64. The zero-order valence-electron chi connectivity index (χ0n) is 12.8. The maximum atomic E-state index is 12.1. The zero-order chi connectivity index (χ0) is 15.4. The SMILES string of the molecule is CCCCOC(=O)N1CCC=C(c2n[nH]c3ccccc23)C1. The number of unbranched alkanes of at least 4 members (excludes halogenated alkanes) is 1. The molecule has 0 saturated heterocycles. The Morgan fingerprint density at radius 2 is 2.27 bits per heavy atom. The van der Waals surface area contributed by atoms with Crippen LogP contribution in [-0.2, 0) is 4.74 Å². The molecule has 0 fully saturated rings. The molecule has 22 heavy (non-hydrogen) atoms. The smallest absolute Gasteiger partial charge is 0.410 e. The van der Waals surface area contributed by atoms with Gasteiger partial charge in [-0.05, 0) is 24.5 Å². The van der Waals surface area contributed by atoms with Crippen molar-refractivity contribution >= 4 is 22.6 Å². The van der Waals surface area contributed by atoms with Gasteiger partial charge in [-0.2, -0.15) is 5.10 Å². The minimum absolute atomic E-state index is 0.223. The highest BCUT2D eigenvalue weighted by Crippen LogP contribution is 2.26. The predicted molar refractivity (Wildman–Crippen MR) is 86.5 cm³/mol. The van der Waals surface area contributed by atoms with E-state index in [-0.39, 0.29) is 6.09 Å². The third kappa shape index (κ3) is 2.98. The Morgan fingerprint density at radius 1 is 1.41 bits per heavy atom. The highest BCUT2D eigenvalue weighted by Gasteiger charge is 2.22. The van der Waals surface area contributed by atoms with E-state index in [1.807, 2.05) is 24.3 Å². The summed E-state index contributed by atoms with van der Waals surface area (Å²) in [5.74, 6) is 0. The molecule has 1 aliphatic rings. The van der Waals surface area contributed by atoms with E-state index in [4.69, 9.17) is 4.74 Å². The molecular weight excluding hydrogens is 278 g/mol. The molecule has 116 valence electrons. The van der Waals surface area contributed by atoms with Crippen LogP contribution in [0.2, 0.25) is 0 Å². The zero-order valence-corrected chi connectivity index (χ0v) is 12.8. The predicted octanol–water partition coefficient (Wildman–Crippen LogP) is 3.59. The number of hydrogen-bond acceptors (Lipinski definition) is 3. The van der Waals surface area contributed by atoms with Crippen LogP contribution in [0.3, 0.4) is 0 Å². The molecule has 1 aromatic carbocycles. The van der Waals surface area contributed by atoms with E-state index in [0.29, 0.717) is 19.7 Å². The molecule has 1 N–H and O–H groups in total. The molecule has 0 atom stereocenters. The fourth-order valence-corrected chi connectivity index (χ4v) is 2.67. The van der Waals surface area contributed by atoms with E-state index in [0.717, 1.165) is 41.4 Å². The van der Waals surface area contributed by atoms with Crippen LogP contribution < -0.4 is 0 Å². The number of nitrogens with zero attached hydrogens (tertiary/aromatic N) is 2. The molecule has 0 bridgehead atoms. The number of para-hydroxylation sites is 1. The second-order valence-electron chi connectivity index (χ2n) is 5.53. The van der Waals surface area contributed by atoms with Crippen LogP contribution >= 0.6 is 0 Å². The van der Waals surface area contributed by atoms with Crippen LogP contribution in [0.25, 0.3) is 16.5 Å². The average molecular weight is 299 g/mol. The summed E-state index contributed by atoms with van der Waals surface area (Å²) < 4.78 is 5.31. The number of carbonyl (C=O) groups excluding carboxylic acids is 1. The van der Waals surface area contributed by atoms with Crippen LogP contribution in [0.15, 0.2) is 30.3 Å². The number of fused-ring (bicyclic) bond motifs is 1. The lowest BCUT2D eigenvalue weighted by molar-refractivity contribution is 0.105. The topological polar surface area (TPSA) is 58.2 Å². The first-order chi connectivity index (χ1) is 10.8. The Balaban J connectivity index is 1.73. The van der Waals surface area contributed by atoms with Crippen molar-refractivity contribution in [3.05, 3.63) is 36.0 Å². The Bertz CT molecular complexity index is 690. The summed E-state index contributed by atoms with van der Waals surface area (Å²) >= 11 is 0. The lowest BCUT2D eigenvalue weighted by Crippen LogP contribution is -2.36. The van der Waals surface area contributed by atoms with Crippen molar-refractivity contribution in [2.75, 3.05) is 19.7 Å². The molecule has 2 aromatic rings. The largest absolute Gasteiger partial charge is 0.449 e. The number of carbonyl (C=O) groups is 1. The van der Waals surface area contributed by atoms with E-state index >= 15 is 0 Å². The Labute approximate surface area is 129 Å². The van der Waals surface area contributed by atoms with Crippen LogP contribution in [0.1, 0.15) is 31.9 Å². The average Bonchev–Trinajstić information content (AvgIpc) is 2.99. The normalized spacial score (nSPS) is 15.0. The van der Waals surface area contributed by atoms with Gasteiger partial charge in [0.1, 0.15) is 0 Å². The highest BCUT2D eigenvalue weighted by molar-refractivity contribution is 5.91. The van der Waals surface area contributed by atoms with Gasteiger partial charge >= 0.3 is 6.09 Å². The van der Waals surface area contributed by atoms with Gasteiger partial charge in [0.2, 0.25) is 0 Å². The first-order valence-electron chi connectivity index (χ1n) is 7.84. The van der Waals surface area contributed by atoms with Crippen molar-refractivity contribution in [2.24, 2.45) is 0 Å². The molecule has 1 aromatic heterocycles. The lowest BCUT2D eigenvalue weighted by atomic mass is 10.0. The number of nitrogens with one attached hydrogen (secondary N) is 1. The molecule has 2 heterocycles. The number of aromatic amines is 1. The molecule has 1 amide bonds. The third-order valence-corrected chi connectivity index (χ3v) is 3.91. The van der Waals surface area contributed by atoms with Gasteiger partial charge in [0, 0.05) is 11.9 Å². The number of rotatable bonds is 4. The summed E-state index contributed by atoms with van der Waals surface area (Å²) in [7, 11) is 0. The molecule has 0 spiro atoms. The first-order valence-corrected chi connectivity index (χ1v) is 7.84. The van der Waals surface area contributed by atoms with Crippen LogP contribution in [0, 0.1) is 0 Å². The summed E-state index contributed by atoms with van der Waals surface area (Å²) in [5, 5.41) is 8.55. The molecule has 0 radical (unpaired) electrons. The number of amides is 1. The fourth-order valence-electron chi connectivity index (χ4n) is 2.67. The molecule has 5 nitrogen and oxygen atoms in total. The lowest BCUT2D eigenvalue weighted by Gasteiger charge is -2.26. The van der Waals surface area contributed by atoms with Gasteiger partial charge in [0.25, 0.3) is 0 Å². The van der Waals surface area contributed by atoms with Gasteiger partial charge in [-0.3, -0.25) is 5.10 Å². The summed E-state index contributed by atoms with van der Waals surface area (Å²) in [6.45, 7) is 3.84. The molecule has 3 rings (SSSR count). The summed E-state index contributed by atoms with van der Waals surface area (Å²) in [4.78, 5) is 13.9. The molecule has 0 aliphatic carbocycles. The summed E-state index contributed by atoms with van der Waals surface area (Å²) in [6.07, 6.45) is 4.71. The van der Waals surface area contributed by atoms with Crippen LogP contribution in [0.4, 0.5) is 4.79 Å². The quantitative estimate of drug-likeness (QED) is 0.878. The number of H-pyrrole nitrogens is 1. The van der Waals surface area contributed by atoms with Gasteiger partial charge in [-0.1, -0.05) is 37.6 Å². The molecule has 0 unspecified atom stereocenters. The van der Waals surface area contributed by atoms with Crippen molar-refractivity contribution in [3.8, 4) is 0 Å². The maximum Gasteiger partial charge on any atom is 0.410 e. The minimum Gasteiger partial charge on any atom is -0.449 e. The van der Waals surface area contributed by atoms with Gasteiger partial charge in [-0.25, -0.2) is 4.79 Å². The van der Waals surface area contributed by atoms with Crippen LogP contribution in [0.5, 0.6) is 0 Å². The van der Waals surface area contributed by atoms with Crippen molar-refractivity contribution in [1.82, 2.24) is 15.1 Å². The maximum absolute atomic E-state index is 12.1. The molecular formula is C17H21N3O2. The Hall–Kier alpha value is -2.30. The van der Waals surface area contributed by atoms with E-state index in [1.54, 1.807) is 4.90 Å². The van der Waals surface area contributed by atoms with E-state index in [2.05, 4.69) is 23.2 Å². The highest BCUT2D eigenvalue weighted by atomic mass is 16.6. The Kier molecular flexibility index (Phi) is 4.42. The minimum atomic E-state index is -0.223. The Morgan fingerprint density at radius 3 is 3.14 bits per heavy atom. The second-order valence-corrected chi connectivity index (χ2v) is 5.53. The monoisotopic (exact) mass is 299 g/mol. The van der Waals surface area contributed by atoms with E-state index < -0.39 is 0 Å². The third-order valence-electron chi connectivity index (χ3n) is 3.91. The van der Waals surface area contributed by atoms with Crippen molar-refractivity contribution in [1.29, 1.82) is 0 Å². The number of aromatic nitrogens is 2. The van der Waals surface area contributed by atoms with Gasteiger partial charge in [0.15, 0.2) is 0 Å². The summed E-state index contributed by atoms with van der Waals surface area (Å²) in [6, 6.07) is 8.04. The van der Waals surface area contributed by atoms with Crippen molar-refractivity contribution in [2.45, 2.75) is 26.2 Å². The number of ether oxygens (including phenoxy) is 1.